The Morgan fingerprint density at radius 2 is 2.11 bits per heavy atom. The predicted molar refractivity (Wildman–Crippen MR) is 69.6 cm³/mol. The molecular formula is C12H17N3O3. The zero-order valence-corrected chi connectivity index (χ0v) is 10.2. The first-order valence-corrected chi connectivity index (χ1v) is 5.68. The van der Waals surface area contributed by atoms with E-state index in [2.05, 4.69) is 10.6 Å². The van der Waals surface area contributed by atoms with E-state index < -0.39 is 5.97 Å². The van der Waals surface area contributed by atoms with Crippen LogP contribution in [0.1, 0.15) is 23.7 Å². The van der Waals surface area contributed by atoms with E-state index in [4.69, 9.17) is 10.8 Å². The molecule has 0 radical (unpaired) electrons. The van der Waals surface area contributed by atoms with Crippen LogP contribution in [-0.2, 0) is 4.79 Å². The number of nitrogen functional groups attached to an aromatic ring is 1. The Morgan fingerprint density at radius 1 is 1.39 bits per heavy atom. The minimum Gasteiger partial charge on any atom is -0.478 e. The monoisotopic (exact) mass is 251 g/mol. The molecule has 0 aliphatic rings. The number of nitrogens with two attached hydrogens (primary N) is 1. The molecule has 1 rings (SSSR count). The Bertz CT molecular complexity index is 446. The minimum absolute atomic E-state index is 0.0319. The molecule has 0 saturated heterocycles. The van der Waals surface area contributed by atoms with E-state index in [1.165, 1.54) is 6.07 Å². The van der Waals surface area contributed by atoms with E-state index >= 15 is 0 Å². The maximum atomic E-state index is 11.4. The largest absolute Gasteiger partial charge is 0.478 e. The van der Waals surface area contributed by atoms with E-state index in [1.807, 2.05) is 6.92 Å². The summed E-state index contributed by atoms with van der Waals surface area (Å²) >= 11 is 0. The standard InChI is InChI=1S/C12H17N3O3/c1-2-5-14-11(16)7-15-10-4-3-8(13)6-9(10)12(17)18/h3-4,6,15H,2,5,7,13H2,1H3,(H,14,16)(H,17,18). The van der Waals surface area contributed by atoms with Crippen molar-refractivity contribution in [3.63, 3.8) is 0 Å². The highest BCUT2D eigenvalue weighted by Gasteiger charge is 2.11. The molecule has 0 bridgehead atoms. The average Bonchev–Trinajstić information content (AvgIpc) is 2.34. The molecule has 6 nitrogen and oxygen atoms in total. The summed E-state index contributed by atoms with van der Waals surface area (Å²) in [5, 5.41) is 14.5. The molecule has 1 amide bonds. The maximum absolute atomic E-state index is 11.4. The zero-order chi connectivity index (χ0) is 13.5. The SMILES string of the molecule is CCCNC(=O)CNc1ccc(N)cc1C(=O)O. The lowest BCUT2D eigenvalue weighted by molar-refractivity contribution is -0.119. The van der Waals surface area contributed by atoms with Crippen LogP contribution < -0.4 is 16.4 Å². The smallest absolute Gasteiger partial charge is 0.337 e. The number of aromatic carboxylic acids is 1. The summed E-state index contributed by atoms with van der Waals surface area (Å²) in [6.45, 7) is 2.59. The molecule has 0 saturated carbocycles. The third-order valence-corrected chi connectivity index (χ3v) is 2.29. The van der Waals surface area contributed by atoms with Crippen LogP contribution in [0.25, 0.3) is 0 Å². The van der Waals surface area contributed by atoms with Gasteiger partial charge in [0.2, 0.25) is 5.91 Å². The summed E-state index contributed by atoms with van der Waals surface area (Å²) in [5.74, 6) is -1.26. The van der Waals surface area contributed by atoms with Crippen molar-refractivity contribution in [2.45, 2.75) is 13.3 Å². The number of carbonyl (C=O) groups is 2. The fourth-order valence-corrected chi connectivity index (χ4v) is 1.40. The highest BCUT2D eigenvalue weighted by atomic mass is 16.4. The zero-order valence-electron chi connectivity index (χ0n) is 10.2. The number of carboxylic acid groups (broad SMARTS) is 1. The number of carbonyl (C=O) groups excluding carboxylic acids is 1. The number of benzene rings is 1. The number of carboxylic acids is 1. The van der Waals surface area contributed by atoms with Crippen LogP contribution in [0.5, 0.6) is 0 Å². The summed E-state index contributed by atoms with van der Waals surface area (Å²) in [4.78, 5) is 22.4. The highest BCUT2D eigenvalue weighted by molar-refractivity contribution is 5.96. The van der Waals surface area contributed by atoms with Gasteiger partial charge in [0.1, 0.15) is 0 Å². The van der Waals surface area contributed by atoms with Crippen LogP contribution in [0.3, 0.4) is 0 Å². The number of rotatable bonds is 6. The number of hydrogen-bond donors (Lipinski definition) is 4. The molecule has 1 aromatic rings. The lowest BCUT2D eigenvalue weighted by Crippen LogP contribution is -2.30. The van der Waals surface area contributed by atoms with E-state index in [0.717, 1.165) is 6.42 Å². The summed E-state index contributed by atoms with van der Waals surface area (Å²) in [6, 6.07) is 4.49. The Morgan fingerprint density at radius 3 is 2.72 bits per heavy atom. The summed E-state index contributed by atoms with van der Waals surface area (Å²) in [7, 11) is 0. The second kappa shape index (κ2) is 6.48. The molecule has 0 aliphatic heterocycles. The quantitative estimate of drug-likeness (QED) is 0.562. The highest BCUT2D eigenvalue weighted by Crippen LogP contribution is 2.18. The van der Waals surface area contributed by atoms with Gasteiger partial charge in [0, 0.05) is 17.9 Å². The molecule has 98 valence electrons. The molecule has 0 atom stereocenters. The van der Waals surface area contributed by atoms with Crippen molar-refractivity contribution < 1.29 is 14.7 Å². The van der Waals surface area contributed by atoms with Gasteiger partial charge >= 0.3 is 5.97 Å². The predicted octanol–water partition coefficient (Wildman–Crippen LogP) is 0.905. The van der Waals surface area contributed by atoms with Crippen LogP contribution >= 0.6 is 0 Å². The first-order chi connectivity index (χ1) is 8.54. The molecule has 5 N–H and O–H groups in total. The fourth-order valence-electron chi connectivity index (χ4n) is 1.40. The second-order valence-electron chi connectivity index (χ2n) is 3.81. The average molecular weight is 251 g/mol. The number of anilines is 2. The third-order valence-electron chi connectivity index (χ3n) is 2.29. The van der Waals surface area contributed by atoms with Gasteiger partial charge in [-0.05, 0) is 24.6 Å². The molecule has 0 unspecified atom stereocenters. The first-order valence-electron chi connectivity index (χ1n) is 5.68. The Kier molecular flexibility index (Phi) is 4.98. The van der Waals surface area contributed by atoms with Crippen molar-refractivity contribution in [3.05, 3.63) is 23.8 Å². The van der Waals surface area contributed by atoms with Gasteiger partial charge in [-0.2, -0.15) is 0 Å². The summed E-state index contributed by atoms with van der Waals surface area (Å²) in [6.07, 6.45) is 0.855. The summed E-state index contributed by atoms with van der Waals surface area (Å²) in [5.41, 5.74) is 6.32. The van der Waals surface area contributed by atoms with Gasteiger partial charge in [-0.15, -0.1) is 0 Å². The molecule has 0 heterocycles. The fraction of sp³-hybridized carbons (Fsp3) is 0.333. The van der Waals surface area contributed by atoms with Crippen LogP contribution in [-0.4, -0.2) is 30.1 Å². The Balaban J connectivity index is 2.67. The van der Waals surface area contributed by atoms with E-state index in [9.17, 15) is 9.59 Å². The lowest BCUT2D eigenvalue weighted by atomic mass is 10.1. The molecule has 0 spiro atoms. The van der Waals surface area contributed by atoms with Crippen molar-refractivity contribution >= 4 is 23.3 Å². The van der Waals surface area contributed by atoms with Crippen molar-refractivity contribution in [2.75, 3.05) is 24.1 Å². The minimum atomic E-state index is -1.08. The normalized spacial score (nSPS) is 9.83. The number of hydrogen-bond acceptors (Lipinski definition) is 4. The summed E-state index contributed by atoms with van der Waals surface area (Å²) < 4.78 is 0. The number of amides is 1. The van der Waals surface area contributed by atoms with Crippen molar-refractivity contribution in [1.82, 2.24) is 5.32 Å². The van der Waals surface area contributed by atoms with Gasteiger partial charge in [-0.1, -0.05) is 6.92 Å². The topological polar surface area (TPSA) is 104 Å². The molecular weight excluding hydrogens is 234 g/mol. The van der Waals surface area contributed by atoms with E-state index in [0.29, 0.717) is 17.9 Å². The first kappa shape index (κ1) is 13.8. The second-order valence-corrected chi connectivity index (χ2v) is 3.81. The van der Waals surface area contributed by atoms with Gasteiger partial charge in [0.05, 0.1) is 12.1 Å². The van der Waals surface area contributed by atoms with Gasteiger partial charge in [-0.25, -0.2) is 4.79 Å². The van der Waals surface area contributed by atoms with Crippen LogP contribution in [0.2, 0.25) is 0 Å². The Labute approximate surface area is 105 Å². The molecule has 18 heavy (non-hydrogen) atoms. The van der Waals surface area contributed by atoms with Crippen molar-refractivity contribution in [1.29, 1.82) is 0 Å². The van der Waals surface area contributed by atoms with Crippen LogP contribution in [0.4, 0.5) is 11.4 Å². The third kappa shape index (κ3) is 3.97. The molecule has 0 fully saturated rings. The van der Waals surface area contributed by atoms with E-state index in [-0.39, 0.29) is 18.0 Å². The van der Waals surface area contributed by atoms with Gasteiger partial charge < -0.3 is 21.5 Å². The van der Waals surface area contributed by atoms with Gasteiger partial charge in [0.15, 0.2) is 0 Å². The maximum Gasteiger partial charge on any atom is 0.337 e. The van der Waals surface area contributed by atoms with Crippen LogP contribution in [0.15, 0.2) is 18.2 Å². The van der Waals surface area contributed by atoms with Crippen molar-refractivity contribution in [2.24, 2.45) is 0 Å². The molecule has 6 heteroatoms. The molecule has 1 aromatic carbocycles. The number of nitrogens with one attached hydrogen (secondary N) is 2. The molecule has 0 aromatic heterocycles. The molecule has 0 aliphatic carbocycles. The van der Waals surface area contributed by atoms with E-state index in [1.54, 1.807) is 12.1 Å². The van der Waals surface area contributed by atoms with Crippen LogP contribution in [0, 0.1) is 0 Å². The van der Waals surface area contributed by atoms with Gasteiger partial charge in [0.25, 0.3) is 0 Å². The van der Waals surface area contributed by atoms with Gasteiger partial charge in [-0.3, -0.25) is 4.79 Å². The lowest BCUT2D eigenvalue weighted by Gasteiger charge is -2.10. The van der Waals surface area contributed by atoms with Crippen molar-refractivity contribution in [3.8, 4) is 0 Å². The Hall–Kier alpha value is -2.24.